The maximum Gasteiger partial charge on any atom is 0.343 e. The zero-order valence-electron chi connectivity index (χ0n) is 18.4. The van der Waals surface area contributed by atoms with Gasteiger partial charge in [-0.15, -0.1) is 5.10 Å². The number of hydrogen-bond donors (Lipinski definition) is 1. The molecular formula is C24H29N5O2S. The fourth-order valence-corrected chi connectivity index (χ4v) is 4.77. The van der Waals surface area contributed by atoms with E-state index in [2.05, 4.69) is 46.3 Å². The number of nitrogens with one attached hydrogen (secondary N) is 1. The van der Waals surface area contributed by atoms with Crippen molar-refractivity contribution in [3.8, 4) is 0 Å². The van der Waals surface area contributed by atoms with Gasteiger partial charge in [0.1, 0.15) is 0 Å². The Morgan fingerprint density at radius 1 is 1.03 bits per heavy atom. The minimum absolute atomic E-state index is 0.0931. The van der Waals surface area contributed by atoms with Crippen LogP contribution >= 0.6 is 11.8 Å². The molecule has 0 spiro atoms. The van der Waals surface area contributed by atoms with Gasteiger partial charge in [-0.1, -0.05) is 66.4 Å². The van der Waals surface area contributed by atoms with E-state index in [1.54, 1.807) is 4.57 Å². The minimum atomic E-state index is -0.235. The summed E-state index contributed by atoms with van der Waals surface area (Å²) in [7, 11) is 0. The summed E-state index contributed by atoms with van der Waals surface area (Å²) >= 11 is 1.33. The number of aryl methyl sites for hydroxylation is 2. The number of rotatable bonds is 8. The number of hydrogen-bond acceptors (Lipinski definition) is 5. The van der Waals surface area contributed by atoms with E-state index in [9.17, 15) is 9.59 Å². The number of thioether (sulfide) groups is 1. The summed E-state index contributed by atoms with van der Waals surface area (Å²) in [4.78, 5) is 29.2. The molecule has 2 aromatic carbocycles. The van der Waals surface area contributed by atoms with E-state index in [1.165, 1.54) is 22.9 Å². The second-order valence-electron chi connectivity index (χ2n) is 8.07. The van der Waals surface area contributed by atoms with Crippen molar-refractivity contribution in [2.45, 2.75) is 31.6 Å². The van der Waals surface area contributed by atoms with Gasteiger partial charge in [-0.2, -0.15) is 0 Å². The Morgan fingerprint density at radius 2 is 1.75 bits per heavy atom. The summed E-state index contributed by atoms with van der Waals surface area (Å²) in [6.07, 6.45) is 0.741. The molecule has 1 N–H and O–H groups in total. The van der Waals surface area contributed by atoms with Crippen LogP contribution in [0.3, 0.4) is 0 Å². The van der Waals surface area contributed by atoms with Crippen LogP contribution < -0.4 is 5.69 Å². The summed E-state index contributed by atoms with van der Waals surface area (Å²) in [6, 6.07) is 18.5. The summed E-state index contributed by atoms with van der Waals surface area (Å²) in [6.45, 7) is 6.79. The van der Waals surface area contributed by atoms with Crippen molar-refractivity contribution in [3.63, 3.8) is 0 Å². The first kappa shape index (κ1) is 22.4. The highest BCUT2D eigenvalue weighted by Gasteiger charge is 2.22. The van der Waals surface area contributed by atoms with E-state index < -0.39 is 0 Å². The van der Waals surface area contributed by atoms with Gasteiger partial charge in [0.2, 0.25) is 5.91 Å². The van der Waals surface area contributed by atoms with Crippen molar-refractivity contribution < 1.29 is 4.79 Å². The number of aromatic nitrogens is 3. The van der Waals surface area contributed by atoms with E-state index in [4.69, 9.17) is 0 Å². The van der Waals surface area contributed by atoms with Crippen LogP contribution in [0.1, 0.15) is 16.7 Å². The van der Waals surface area contributed by atoms with Gasteiger partial charge >= 0.3 is 5.69 Å². The summed E-state index contributed by atoms with van der Waals surface area (Å²) in [5, 5.41) is 7.20. The molecule has 1 aliphatic rings. The molecular weight excluding hydrogens is 422 g/mol. The summed E-state index contributed by atoms with van der Waals surface area (Å²) in [5.41, 5.74) is 3.58. The quantitative estimate of drug-likeness (QED) is 0.533. The first-order valence-electron chi connectivity index (χ1n) is 11.0. The monoisotopic (exact) mass is 451 g/mol. The molecule has 32 heavy (non-hydrogen) atoms. The fourth-order valence-electron chi connectivity index (χ4n) is 3.90. The third-order valence-electron chi connectivity index (χ3n) is 5.90. The van der Waals surface area contributed by atoms with Gasteiger partial charge in [-0.25, -0.2) is 9.89 Å². The van der Waals surface area contributed by atoms with Crippen LogP contribution in [0.2, 0.25) is 0 Å². The zero-order chi connectivity index (χ0) is 22.3. The molecule has 0 radical (unpaired) electrons. The molecule has 3 aromatic rings. The highest BCUT2D eigenvalue weighted by atomic mass is 32.2. The molecule has 1 fully saturated rings. The van der Waals surface area contributed by atoms with Crippen LogP contribution in [0.25, 0.3) is 0 Å². The Morgan fingerprint density at radius 3 is 2.50 bits per heavy atom. The van der Waals surface area contributed by atoms with Crippen LogP contribution in [0.15, 0.2) is 64.5 Å². The highest BCUT2D eigenvalue weighted by Crippen LogP contribution is 2.17. The molecule has 1 aliphatic heterocycles. The molecule has 4 rings (SSSR count). The molecule has 1 saturated heterocycles. The Kier molecular flexibility index (Phi) is 7.44. The highest BCUT2D eigenvalue weighted by molar-refractivity contribution is 7.99. The van der Waals surface area contributed by atoms with Gasteiger partial charge in [-0.05, 0) is 30.0 Å². The number of carbonyl (C=O) groups excluding carboxylic acids is 1. The predicted octanol–water partition coefficient (Wildman–Crippen LogP) is 2.56. The van der Waals surface area contributed by atoms with Crippen LogP contribution in [0.5, 0.6) is 0 Å². The van der Waals surface area contributed by atoms with Crippen molar-refractivity contribution >= 4 is 17.7 Å². The largest absolute Gasteiger partial charge is 0.343 e. The van der Waals surface area contributed by atoms with Gasteiger partial charge in [0, 0.05) is 39.3 Å². The summed E-state index contributed by atoms with van der Waals surface area (Å²) < 4.78 is 1.62. The second-order valence-corrected chi connectivity index (χ2v) is 9.01. The van der Waals surface area contributed by atoms with Gasteiger partial charge in [0.25, 0.3) is 0 Å². The lowest BCUT2D eigenvalue weighted by atomic mass is 10.1. The average molecular weight is 452 g/mol. The third-order valence-corrected chi connectivity index (χ3v) is 6.86. The maximum atomic E-state index is 12.7. The van der Waals surface area contributed by atoms with E-state index in [0.717, 1.165) is 44.7 Å². The zero-order valence-corrected chi connectivity index (χ0v) is 19.2. The molecule has 0 bridgehead atoms. The van der Waals surface area contributed by atoms with Crippen molar-refractivity contribution in [3.05, 3.63) is 81.8 Å². The normalized spacial score (nSPS) is 14.6. The molecule has 2 heterocycles. The van der Waals surface area contributed by atoms with Gasteiger partial charge < -0.3 is 4.90 Å². The molecule has 168 valence electrons. The molecule has 0 saturated carbocycles. The van der Waals surface area contributed by atoms with Crippen LogP contribution in [0.4, 0.5) is 0 Å². The van der Waals surface area contributed by atoms with E-state index >= 15 is 0 Å². The Labute approximate surface area is 192 Å². The molecule has 0 aliphatic carbocycles. The first-order valence-corrected chi connectivity index (χ1v) is 12.0. The number of aromatic amines is 1. The standard InChI is InChI=1S/C24H29N5O2S/c1-19-7-5-6-10-21(19)17-27-13-15-28(16-14-27)22(30)18-32-24-26-25-23(31)29(24)12-11-20-8-3-2-4-9-20/h2-10H,11-18H2,1H3,(H,25,31). The first-order chi connectivity index (χ1) is 15.6. The Hall–Kier alpha value is -2.84. The number of H-pyrrole nitrogens is 1. The van der Waals surface area contributed by atoms with E-state index in [1.807, 2.05) is 35.2 Å². The Bertz CT molecular complexity index is 1090. The van der Waals surface area contributed by atoms with Gasteiger partial charge in [-0.3, -0.25) is 14.3 Å². The number of benzene rings is 2. The molecule has 8 heteroatoms. The summed E-state index contributed by atoms with van der Waals surface area (Å²) in [5.74, 6) is 0.378. The number of nitrogens with zero attached hydrogens (tertiary/aromatic N) is 4. The van der Waals surface area contributed by atoms with Gasteiger partial charge in [0.05, 0.1) is 5.75 Å². The number of piperazine rings is 1. The van der Waals surface area contributed by atoms with Crippen molar-refractivity contribution in [2.24, 2.45) is 0 Å². The van der Waals surface area contributed by atoms with Gasteiger partial charge in [0.15, 0.2) is 5.16 Å². The maximum absolute atomic E-state index is 12.7. The fraction of sp³-hybridized carbons (Fsp3) is 0.375. The predicted molar refractivity (Wildman–Crippen MR) is 127 cm³/mol. The molecule has 1 aromatic heterocycles. The van der Waals surface area contributed by atoms with E-state index in [0.29, 0.717) is 11.7 Å². The number of amides is 1. The topological polar surface area (TPSA) is 74.2 Å². The Balaban J connectivity index is 1.26. The van der Waals surface area contributed by atoms with Crippen LogP contribution in [0, 0.1) is 6.92 Å². The average Bonchev–Trinajstić information content (AvgIpc) is 3.18. The lowest BCUT2D eigenvalue weighted by Crippen LogP contribution is -2.48. The second kappa shape index (κ2) is 10.7. The third kappa shape index (κ3) is 5.69. The van der Waals surface area contributed by atoms with Crippen LogP contribution in [-0.2, 0) is 24.3 Å². The molecule has 0 atom stereocenters. The molecule has 1 amide bonds. The van der Waals surface area contributed by atoms with Crippen molar-refractivity contribution in [1.82, 2.24) is 24.6 Å². The van der Waals surface area contributed by atoms with Crippen molar-refractivity contribution in [2.75, 3.05) is 31.9 Å². The van der Waals surface area contributed by atoms with Crippen LogP contribution in [-0.4, -0.2) is 62.4 Å². The van der Waals surface area contributed by atoms with Crippen molar-refractivity contribution in [1.29, 1.82) is 0 Å². The molecule has 7 nitrogen and oxygen atoms in total. The number of carbonyl (C=O) groups is 1. The lowest BCUT2D eigenvalue weighted by molar-refractivity contribution is -0.130. The minimum Gasteiger partial charge on any atom is -0.339 e. The SMILES string of the molecule is Cc1ccccc1CN1CCN(C(=O)CSc2n[nH]c(=O)n2CCc2ccccc2)CC1. The smallest absolute Gasteiger partial charge is 0.339 e. The van der Waals surface area contributed by atoms with E-state index in [-0.39, 0.29) is 17.3 Å². The lowest BCUT2D eigenvalue weighted by Gasteiger charge is -2.35. The molecule has 0 unspecified atom stereocenters.